The molecule has 0 radical (unpaired) electrons. The Balaban J connectivity index is 2.11. The molecule has 0 saturated carbocycles. The van der Waals surface area contributed by atoms with Gasteiger partial charge in [-0.05, 0) is 37.5 Å². The van der Waals surface area contributed by atoms with Gasteiger partial charge < -0.3 is 10.2 Å². The molecule has 0 spiro atoms. The first-order valence-corrected chi connectivity index (χ1v) is 6.67. The van der Waals surface area contributed by atoms with E-state index in [-0.39, 0.29) is 0 Å². The number of hydrogen-bond acceptors (Lipinski definition) is 2. The predicted octanol–water partition coefficient (Wildman–Crippen LogP) is 3.00. The molecule has 2 heteroatoms. The average molecular weight is 232 g/mol. The number of nitrogens with zero attached hydrogens (tertiary/aromatic N) is 1. The van der Waals surface area contributed by atoms with Crippen LogP contribution in [0.15, 0.2) is 24.3 Å². The maximum absolute atomic E-state index is 3.57. The van der Waals surface area contributed by atoms with Gasteiger partial charge in [0.15, 0.2) is 0 Å². The molecule has 0 aliphatic carbocycles. The number of benzene rings is 1. The van der Waals surface area contributed by atoms with E-state index in [1.807, 2.05) is 0 Å². The zero-order valence-electron chi connectivity index (χ0n) is 11.4. The molecule has 94 valence electrons. The minimum Gasteiger partial charge on any atom is -0.368 e. The van der Waals surface area contributed by atoms with Crippen LogP contribution in [0.25, 0.3) is 0 Å². The summed E-state index contributed by atoms with van der Waals surface area (Å²) in [6.45, 7) is 11.2. The fraction of sp³-hybridized carbons (Fsp3) is 0.600. The van der Waals surface area contributed by atoms with Crippen LogP contribution in [0.1, 0.15) is 39.2 Å². The minimum atomic E-state index is 0.573. The number of piperazine rings is 1. The van der Waals surface area contributed by atoms with Crippen LogP contribution in [0.5, 0.6) is 0 Å². The molecule has 1 aromatic rings. The van der Waals surface area contributed by atoms with Crippen molar-refractivity contribution < 1.29 is 0 Å². The van der Waals surface area contributed by atoms with Crippen molar-refractivity contribution in [3.63, 3.8) is 0 Å². The van der Waals surface area contributed by atoms with Crippen molar-refractivity contribution in [2.45, 2.75) is 45.7 Å². The van der Waals surface area contributed by atoms with Crippen molar-refractivity contribution in [2.24, 2.45) is 0 Å². The summed E-state index contributed by atoms with van der Waals surface area (Å²) in [6.07, 6.45) is 0. The van der Waals surface area contributed by atoms with E-state index < -0.39 is 0 Å². The number of hydrogen-bond donors (Lipinski definition) is 1. The molecule has 0 aromatic heterocycles. The molecule has 2 rings (SSSR count). The fourth-order valence-corrected chi connectivity index (χ4v) is 2.61. The van der Waals surface area contributed by atoms with Crippen LogP contribution in [0.4, 0.5) is 5.69 Å². The number of rotatable bonds is 2. The lowest BCUT2D eigenvalue weighted by atomic mass is 10.0. The summed E-state index contributed by atoms with van der Waals surface area (Å²) in [6, 6.07) is 10.2. The summed E-state index contributed by atoms with van der Waals surface area (Å²) < 4.78 is 0. The summed E-state index contributed by atoms with van der Waals surface area (Å²) in [4.78, 5) is 2.48. The molecule has 0 bridgehead atoms. The Hall–Kier alpha value is -1.02. The van der Waals surface area contributed by atoms with Gasteiger partial charge in [-0.25, -0.2) is 0 Å². The molecule has 1 aliphatic rings. The lowest BCUT2D eigenvalue weighted by molar-refractivity contribution is 0.407. The Kier molecular flexibility index (Phi) is 3.72. The molecule has 1 saturated heterocycles. The molecule has 17 heavy (non-hydrogen) atoms. The first-order valence-electron chi connectivity index (χ1n) is 6.67. The van der Waals surface area contributed by atoms with Gasteiger partial charge in [0.05, 0.1) is 0 Å². The van der Waals surface area contributed by atoms with E-state index >= 15 is 0 Å². The highest BCUT2D eigenvalue weighted by atomic mass is 15.2. The summed E-state index contributed by atoms with van der Waals surface area (Å²) in [5, 5.41) is 3.57. The standard InChI is InChI=1S/C15H24N2/c1-11(2)14-5-7-15(8-6-14)17-9-12(3)16-13(4)10-17/h5-8,11-13,16H,9-10H2,1-4H3/t12-,13+. The van der Waals surface area contributed by atoms with E-state index in [1.54, 1.807) is 0 Å². The highest BCUT2D eigenvalue weighted by Crippen LogP contribution is 2.21. The van der Waals surface area contributed by atoms with Gasteiger partial charge in [-0.2, -0.15) is 0 Å². The van der Waals surface area contributed by atoms with Crippen molar-refractivity contribution in [3.05, 3.63) is 29.8 Å². The van der Waals surface area contributed by atoms with Crippen LogP contribution >= 0.6 is 0 Å². The third kappa shape index (κ3) is 3.01. The smallest absolute Gasteiger partial charge is 0.0367 e. The van der Waals surface area contributed by atoms with Crippen molar-refractivity contribution in [1.82, 2.24) is 5.32 Å². The van der Waals surface area contributed by atoms with Gasteiger partial charge in [-0.1, -0.05) is 26.0 Å². The Morgan fingerprint density at radius 3 is 2.06 bits per heavy atom. The summed E-state index contributed by atoms with van der Waals surface area (Å²) in [7, 11) is 0. The Morgan fingerprint density at radius 2 is 1.59 bits per heavy atom. The van der Waals surface area contributed by atoms with E-state index in [1.165, 1.54) is 11.3 Å². The van der Waals surface area contributed by atoms with Crippen LogP contribution < -0.4 is 10.2 Å². The quantitative estimate of drug-likeness (QED) is 0.843. The van der Waals surface area contributed by atoms with Gasteiger partial charge in [0.2, 0.25) is 0 Å². The van der Waals surface area contributed by atoms with Gasteiger partial charge in [0.25, 0.3) is 0 Å². The zero-order chi connectivity index (χ0) is 12.4. The number of anilines is 1. The molecule has 1 fully saturated rings. The molecule has 1 heterocycles. The molecular weight excluding hydrogens is 208 g/mol. The van der Waals surface area contributed by atoms with Crippen LogP contribution in [0.3, 0.4) is 0 Å². The first kappa shape index (κ1) is 12.4. The Bertz CT molecular complexity index is 346. The molecule has 1 N–H and O–H groups in total. The van der Waals surface area contributed by atoms with E-state index in [9.17, 15) is 0 Å². The monoisotopic (exact) mass is 232 g/mol. The highest BCUT2D eigenvalue weighted by Gasteiger charge is 2.20. The van der Waals surface area contributed by atoms with E-state index in [4.69, 9.17) is 0 Å². The molecule has 1 aromatic carbocycles. The predicted molar refractivity (Wildman–Crippen MR) is 74.8 cm³/mol. The zero-order valence-corrected chi connectivity index (χ0v) is 11.4. The summed E-state index contributed by atoms with van der Waals surface area (Å²) in [5.74, 6) is 0.616. The molecular formula is C15H24N2. The first-order chi connectivity index (χ1) is 8.06. The minimum absolute atomic E-state index is 0.573. The van der Waals surface area contributed by atoms with Gasteiger partial charge in [0, 0.05) is 30.9 Å². The second-order valence-electron chi connectivity index (χ2n) is 5.62. The maximum Gasteiger partial charge on any atom is 0.0367 e. The third-order valence-electron chi connectivity index (χ3n) is 3.48. The van der Waals surface area contributed by atoms with Gasteiger partial charge >= 0.3 is 0 Å². The van der Waals surface area contributed by atoms with Crippen LogP contribution in [0.2, 0.25) is 0 Å². The van der Waals surface area contributed by atoms with Crippen molar-refractivity contribution in [3.8, 4) is 0 Å². The summed E-state index contributed by atoms with van der Waals surface area (Å²) >= 11 is 0. The fourth-order valence-electron chi connectivity index (χ4n) is 2.61. The van der Waals surface area contributed by atoms with Crippen molar-refractivity contribution >= 4 is 5.69 Å². The van der Waals surface area contributed by atoms with Gasteiger partial charge in [0.1, 0.15) is 0 Å². The molecule has 2 nitrogen and oxygen atoms in total. The van der Waals surface area contributed by atoms with Crippen molar-refractivity contribution in [2.75, 3.05) is 18.0 Å². The molecule has 0 unspecified atom stereocenters. The molecule has 1 aliphatic heterocycles. The lowest BCUT2D eigenvalue weighted by Crippen LogP contribution is -2.54. The summed E-state index contributed by atoms with van der Waals surface area (Å²) in [5.41, 5.74) is 2.78. The molecule has 0 amide bonds. The SMILES string of the molecule is CC(C)c1ccc(N2C[C@@H](C)N[C@@H](C)C2)cc1. The molecule has 2 atom stereocenters. The lowest BCUT2D eigenvalue weighted by Gasteiger charge is -2.37. The Morgan fingerprint density at radius 1 is 1.06 bits per heavy atom. The van der Waals surface area contributed by atoms with Gasteiger partial charge in [-0.3, -0.25) is 0 Å². The van der Waals surface area contributed by atoms with Crippen molar-refractivity contribution in [1.29, 1.82) is 0 Å². The Labute approximate surface area is 105 Å². The van der Waals surface area contributed by atoms with Gasteiger partial charge in [-0.15, -0.1) is 0 Å². The van der Waals surface area contributed by atoms with Crippen LogP contribution in [-0.2, 0) is 0 Å². The largest absolute Gasteiger partial charge is 0.368 e. The van der Waals surface area contributed by atoms with Crippen LogP contribution in [0, 0.1) is 0 Å². The van der Waals surface area contributed by atoms with E-state index in [2.05, 4.69) is 62.2 Å². The second kappa shape index (κ2) is 5.09. The highest BCUT2D eigenvalue weighted by molar-refractivity contribution is 5.48. The number of nitrogens with one attached hydrogen (secondary N) is 1. The van der Waals surface area contributed by atoms with E-state index in [0.717, 1.165) is 13.1 Å². The van der Waals surface area contributed by atoms with Crippen LogP contribution in [-0.4, -0.2) is 25.2 Å². The third-order valence-corrected chi connectivity index (χ3v) is 3.48. The van der Waals surface area contributed by atoms with E-state index in [0.29, 0.717) is 18.0 Å². The topological polar surface area (TPSA) is 15.3 Å². The second-order valence-corrected chi connectivity index (χ2v) is 5.62. The average Bonchev–Trinajstić information content (AvgIpc) is 2.28. The maximum atomic E-state index is 3.57. The normalized spacial score (nSPS) is 25.4.